The molecule has 6 N–H and O–H groups in total. The zero-order chi connectivity index (χ0) is 28.0. The smallest absolute Gasteiger partial charge is 0.337 e. The second-order valence-corrected chi connectivity index (χ2v) is 8.05. The molecule has 0 saturated carbocycles. The van der Waals surface area contributed by atoms with Crippen molar-refractivity contribution < 1.29 is 29.4 Å². The van der Waals surface area contributed by atoms with Crippen LogP contribution in [0, 0.1) is 16.7 Å². The van der Waals surface area contributed by atoms with E-state index < -0.39 is 23.3 Å². The van der Waals surface area contributed by atoms with E-state index in [2.05, 4.69) is 16.0 Å². The van der Waals surface area contributed by atoms with Gasteiger partial charge in [0, 0.05) is 41.4 Å². The number of nitrogens with one attached hydrogen (secondary N) is 4. The molecule has 0 aromatic heterocycles. The highest BCUT2D eigenvalue weighted by molar-refractivity contribution is 6.48. The van der Waals surface area contributed by atoms with Crippen LogP contribution < -0.4 is 16.0 Å². The van der Waals surface area contributed by atoms with Crippen molar-refractivity contribution in [2.75, 3.05) is 16.0 Å². The number of hydrogen-bond acceptors (Lipinski definition) is 7. The Balaban J connectivity index is 2.06. The molecule has 0 radical (unpaired) electrons. The van der Waals surface area contributed by atoms with Crippen molar-refractivity contribution in [2.45, 2.75) is 20.3 Å². The maximum atomic E-state index is 12.9. The van der Waals surface area contributed by atoms with Crippen LogP contribution in [0.25, 0.3) is 11.1 Å². The summed E-state index contributed by atoms with van der Waals surface area (Å²) in [6.07, 6.45) is 0.123. The number of carbonyl (C=O) groups is 4. The monoisotopic (exact) mass is 513 g/mol. The van der Waals surface area contributed by atoms with Gasteiger partial charge in [-0.2, -0.15) is 5.26 Å². The molecule has 0 bridgehead atoms. The molecular weight excluding hydrogens is 490 g/mol. The molecule has 0 saturated heterocycles. The molecule has 3 aromatic rings. The summed E-state index contributed by atoms with van der Waals surface area (Å²) in [5.41, 5.74) is -0.00181. The molecule has 38 heavy (non-hydrogen) atoms. The minimum absolute atomic E-state index is 0.0690. The third kappa shape index (κ3) is 6.00. The number of hydrogen-bond donors (Lipinski definition) is 6. The van der Waals surface area contributed by atoms with Gasteiger partial charge in [-0.15, -0.1) is 0 Å². The van der Waals surface area contributed by atoms with Crippen LogP contribution in [-0.4, -0.2) is 39.6 Å². The second kappa shape index (κ2) is 11.5. The van der Waals surface area contributed by atoms with Crippen molar-refractivity contribution in [2.24, 2.45) is 0 Å². The highest BCUT2D eigenvalue weighted by Crippen LogP contribution is 2.38. The standard InChI is InChI=1S/C27H23N5O6/c1-3-24(35)31-22-11-19(23(34)12-17(22)16-6-4-5-7-20(16)30-14(2)33)25(29)26(36)32-21-9-8-15(13-28)10-18(21)27(37)38/h4-12,29,34H,3H2,1-2H3,(H,30,33)(H,31,35)(H,32,36)(H,37,38). The van der Waals surface area contributed by atoms with Crippen molar-refractivity contribution >= 4 is 46.5 Å². The Bertz CT molecular complexity index is 1520. The van der Waals surface area contributed by atoms with E-state index in [1.807, 2.05) is 6.07 Å². The molecule has 0 aliphatic carbocycles. The lowest BCUT2D eigenvalue weighted by atomic mass is 9.96. The molecule has 0 aliphatic heterocycles. The number of carbonyl (C=O) groups excluding carboxylic acids is 3. The number of phenols is 1. The highest BCUT2D eigenvalue weighted by Gasteiger charge is 2.23. The minimum Gasteiger partial charge on any atom is -0.507 e. The van der Waals surface area contributed by atoms with E-state index in [0.29, 0.717) is 16.8 Å². The SMILES string of the molecule is CCC(=O)Nc1cc(C(=N)C(=O)Nc2ccc(C#N)cc2C(=O)O)c(O)cc1-c1ccccc1NC(C)=O. The van der Waals surface area contributed by atoms with Crippen LogP contribution in [0.3, 0.4) is 0 Å². The number of para-hydroxylation sites is 1. The van der Waals surface area contributed by atoms with Crippen molar-refractivity contribution in [1.82, 2.24) is 0 Å². The van der Waals surface area contributed by atoms with Gasteiger partial charge in [-0.05, 0) is 36.4 Å². The molecule has 0 fully saturated rings. The summed E-state index contributed by atoms with van der Waals surface area (Å²) in [7, 11) is 0. The van der Waals surface area contributed by atoms with Crippen LogP contribution in [0.2, 0.25) is 0 Å². The van der Waals surface area contributed by atoms with Crippen molar-refractivity contribution in [3.05, 3.63) is 71.3 Å². The number of benzene rings is 3. The van der Waals surface area contributed by atoms with E-state index in [1.54, 1.807) is 31.2 Å². The lowest BCUT2D eigenvalue weighted by Gasteiger charge is -2.18. The second-order valence-electron chi connectivity index (χ2n) is 8.05. The van der Waals surface area contributed by atoms with E-state index in [0.717, 1.165) is 6.07 Å². The minimum atomic E-state index is -1.39. The van der Waals surface area contributed by atoms with E-state index in [4.69, 9.17) is 10.7 Å². The first kappa shape index (κ1) is 27.1. The van der Waals surface area contributed by atoms with Crippen LogP contribution in [0.4, 0.5) is 17.1 Å². The number of rotatable bonds is 8. The molecule has 3 amide bonds. The number of nitriles is 1. The van der Waals surface area contributed by atoms with Gasteiger partial charge in [0.2, 0.25) is 11.8 Å². The van der Waals surface area contributed by atoms with Gasteiger partial charge in [-0.3, -0.25) is 19.8 Å². The number of aromatic carboxylic acids is 1. The topological polar surface area (TPSA) is 192 Å². The van der Waals surface area contributed by atoms with Crippen LogP contribution in [0.5, 0.6) is 5.75 Å². The molecule has 0 aliphatic rings. The predicted molar refractivity (Wildman–Crippen MR) is 140 cm³/mol. The van der Waals surface area contributed by atoms with E-state index in [-0.39, 0.29) is 46.3 Å². The zero-order valence-corrected chi connectivity index (χ0v) is 20.4. The molecule has 3 aromatic carbocycles. The number of aromatic hydroxyl groups is 1. The maximum Gasteiger partial charge on any atom is 0.337 e. The summed E-state index contributed by atoms with van der Waals surface area (Å²) in [4.78, 5) is 48.4. The predicted octanol–water partition coefficient (Wildman–Crippen LogP) is 3.94. The summed E-state index contributed by atoms with van der Waals surface area (Å²) in [5, 5.41) is 45.3. The van der Waals surface area contributed by atoms with Gasteiger partial charge >= 0.3 is 5.97 Å². The van der Waals surface area contributed by atoms with Crippen molar-refractivity contribution in [3.63, 3.8) is 0 Å². The number of carboxylic acid groups (broad SMARTS) is 1. The molecule has 11 heteroatoms. The average molecular weight is 514 g/mol. The molecule has 11 nitrogen and oxygen atoms in total. The Morgan fingerprint density at radius 3 is 2.24 bits per heavy atom. The Morgan fingerprint density at radius 1 is 0.895 bits per heavy atom. The molecule has 3 rings (SSSR count). The fraction of sp³-hybridized carbons (Fsp3) is 0.111. The lowest BCUT2D eigenvalue weighted by molar-refractivity contribution is -0.116. The first-order valence-corrected chi connectivity index (χ1v) is 11.3. The van der Waals surface area contributed by atoms with Gasteiger partial charge in [-0.1, -0.05) is 25.1 Å². The summed E-state index contributed by atoms with van der Waals surface area (Å²) in [6, 6.07) is 14.6. The van der Waals surface area contributed by atoms with Crippen LogP contribution in [-0.2, 0) is 14.4 Å². The summed E-state index contributed by atoms with van der Waals surface area (Å²) in [5.74, 6) is -3.60. The number of amides is 3. The largest absolute Gasteiger partial charge is 0.507 e. The maximum absolute atomic E-state index is 12.9. The van der Waals surface area contributed by atoms with Crippen LogP contribution in [0.15, 0.2) is 54.6 Å². The number of nitrogens with zero attached hydrogens (tertiary/aromatic N) is 1. The molecular formula is C27H23N5O6. The van der Waals surface area contributed by atoms with E-state index in [9.17, 15) is 29.4 Å². The zero-order valence-electron chi connectivity index (χ0n) is 20.4. The fourth-order valence-corrected chi connectivity index (χ4v) is 3.58. The molecule has 0 heterocycles. The summed E-state index contributed by atoms with van der Waals surface area (Å²) in [6.45, 7) is 2.97. The fourth-order valence-electron chi connectivity index (χ4n) is 3.58. The van der Waals surface area contributed by atoms with Crippen molar-refractivity contribution in [3.8, 4) is 22.9 Å². The number of carboxylic acids is 1. The summed E-state index contributed by atoms with van der Waals surface area (Å²) >= 11 is 0. The lowest BCUT2D eigenvalue weighted by Crippen LogP contribution is -2.24. The Hall–Kier alpha value is -5.50. The van der Waals surface area contributed by atoms with Crippen LogP contribution >= 0.6 is 0 Å². The normalized spacial score (nSPS) is 10.1. The van der Waals surface area contributed by atoms with Crippen LogP contribution in [0.1, 0.15) is 41.8 Å². The molecule has 0 unspecified atom stereocenters. The van der Waals surface area contributed by atoms with E-state index in [1.165, 1.54) is 31.2 Å². The van der Waals surface area contributed by atoms with Gasteiger partial charge in [0.15, 0.2) is 0 Å². The van der Waals surface area contributed by atoms with E-state index >= 15 is 0 Å². The highest BCUT2D eigenvalue weighted by atomic mass is 16.4. The number of anilines is 3. The molecule has 0 atom stereocenters. The van der Waals surface area contributed by atoms with Gasteiger partial charge in [-0.25, -0.2) is 4.79 Å². The van der Waals surface area contributed by atoms with Crippen molar-refractivity contribution in [1.29, 1.82) is 10.7 Å². The summed E-state index contributed by atoms with van der Waals surface area (Å²) < 4.78 is 0. The number of phenolic OH excluding ortho intramolecular Hbond substituents is 1. The first-order valence-electron chi connectivity index (χ1n) is 11.3. The average Bonchev–Trinajstić information content (AvgIpc) is 2.89. The van der Waals surface area contributed by atoms with Gasteiger partial charge in [0.1, 0.15) is 11.5 Å². The van der Waals surface area contributed by atoms with Gasteiger partial charge in [0.25, 0.3) is 5.91 Å². The van der Waals surface area contributed by atoms with Gasteiger partial charge < -0.3 is 26.2 Å². The third-order valence-electron chi connectivity index (χ3n) is 5.38. The quantitative estimate of drug-likeness (QED) is 0.194. The first-order chi connectivity index (χ1) is 18.0. The third-order valence-corrected chi connectivity index (χ3v) is 5.38. The van der Waals surface area contributed by atoms with Gasteiger partial charge in [0.05, 0.1) is 22.9 Å². The molecule has 0 spiro atoms. The Morgan fingerprint density at radius 2 is 1.61 bits per heavy atom. The Labute approximate surface area is 217 Å². The molecule has 192 valence electrons. The Kier molecular flexibility index (Phi) is 8.19.